The van der Waals surface area contributed by atoms with Crippen molar-refractivity contribution in [1.29, 1.82) is 0 Å². The summed E-state index contributed by atoms with van der Waals surface area (Å²) in [7, 11) is 1.84. The number of rotatable bonds is 6. The largest absolute Gasteiger partial charge is 0.480 e. The summed E-state index contributed by atoms with van der Waals surface area (Å²) in [6, 6.07) is 0. The number of hydrogen-bond donors (Lipinski definition) is 1. The molecule has 1 aromatic rings. The van der Waals surface area contributed by atoms with Crippen molar-refractivity contribution in [2.75, 3.05) is 13.1 Å². The van der Waals surface area contributed by atoms with Gasteiger partial charge in [-0.1, -0.05) is 11.6 Å². The Kier molecular flexibility index (Phi) is 3.92. The topological polar surface area (TPSA) is 58.4 Å². The molecule has 0 spiro atoms. The molecule has 0 aliphatic heterocycles. The van der Waals surface area contributed by atoms with Crippen molar-refractivity contribution in [3.05, 3.63) is 16.4 Å². The SMILES string of the molecule is Cc1nn(C)c(CN(CC(=O)O)CC2CC2)c1Cl. The van der Waals surface area contributed by atoms with E-state index in [1.165, 1.54) is 12.8 Å². The summed E-state index contributed by atoms with van der Waals surface area (Å²) in [5.74, 6) is -0.150. The van der Waals surface area contributed by atoms with Crippen LogP contribution in [0.15, 0.2) is 0 Å². The number of carboxylic acid groups (broad SMARTS) is 1. The standard InChI is InChI=1S/C12H18ClN3O2/c1-8-12(13)10(15(2)14-8)6-16(7-11(17)18)5-9-3-4-9/h9H,3-7H2,1-2H3,(H,17,18). The lowest BCUT2D eigenvalue weighted by Gasteiger charge is -2.20. The molecule has 2 rings (SSSR count). The Morgan fingerprint density at radius 2 is 2.28 bits per heavy atom. The Morgan fingerprint density at radius 1 is 1.61 bits per heavy atom. The minimum Gasteiger partial charge on any atom is -0.480 e. The molecule has 100 valence electrons. The maximum absolute atomic E-state index is 10.9. The molecule has 1 aliphatic rings. The number of carboxylic acids is 1. The fourth-order valence-corrected chi connectivity index (χ4v) is 2.33. The zero-order chi connectivity index (χ0) is 13.3. The second-order valence-corrected chi connectivity index (χ2v) is 5.35. The minimum absolute atomic E-state index is 0.0526. The molecule has 1 heterocycles. The molecule has 5 nitrogen and oxygen atoms in total. The van der Waals surface area contributed by atoms with E-state index in [2.05, 4.69) is 5.10 Å². The third-order valence-electron chi connectivity index (χ3n) is 3.21. The van der Waals surface area contributed by atoms with E-state index in [1.54, 1.807) is 4.68 Å². The van der Waals surface area contributed by atoms with Crippen LogP contribution in [-0.4, -0.2) is 38.8 Å². The van der Waals surface area contributed by atoms with E-state index in [1.807, 2.05) is 18.9 Å². The average Bonchev–Trinajstić information content (AvgIpc) is 3.03. The zero-order valence-corrected chi connectivity index (χ0v) is 11.4. The molecule has 0 amide bonds. The van der Waals surface area contributed by atoms with Crippen molar-refractivity contribution in [2.24, 2.45) is 13.0 Å². The van der Waals surface area contributed by atoms with Gasteiger partial charge in [-0.05, 0) is 25.7 Å². The number of aliphatic carboxylic acids is 1. The maximum Gasteiger partial charge on any atom is 0.317 e. The maximum atomic E-state index is 10.9. The third-order valence-corrected chi connectivity index (χ3v) is 3.70. The average molecular weight is 272 g/mol. The van der Waals surface area contributed by atoms with Crippen molar-refractivity contribution in [3.63, 3.8) is 0 Å². The van der Waals surface area contributed by atoms with E-state index in [0.29, 0.717) is 17.5 Å². The molecule has 0 bridgehead atoms. The lowest BCUT2D eigenvalue weighted by Crippen LogP contribution is -2.32. The normalized spacial score (nSPS) is 15.3. The van der Waals surface area contributed by atoms with Crippen molar-refractivity contribution in [2.45, 2.75) is 26.3 Å². The van der Waals surface area contributed by atoms with Gasteiger partial charge in [-0.3, -0.25) is 14.4 Å². The van der Waals surface area contributed by atoms with Crippen molar-refractivity contribution in [1.82, 2.24) is 14.7 Å². The molecule has 1 fully saturated rings. The molecule has 18 heavy (non-hydrogen) atoms. The highest BCUT2D eigenvalue weighted by atomic mass is 35.5. The van der Waals surface area contributed by atoms with Crippen LogP contribution >= 0.6 is 11.6 Å². The lowest BCUT2D eigenvalue weighted by atomic mass is 10.3. The molecule has 6 heteroatoms. The first-order chi connectivity index (χ1) is 8.47. The summed E-state index contributed by atoms with van der Waals surface area (Å²) >= 11 is 6.19. The molecular weight excluding hydrogens is 254 g/mol. The zero-order valence-electron chi connectivity index (χ0n) is 10.7. The molecule has 1 aromatic heterocycles. The number of nitrogens with zero attached hydrogens (tertiary/aromatic N) is 3. The van der Waals surface area contributed by atoms with Crippen molar-refractivity contribution < 1.29 is 9.90 Å². The number of aryl methyl sites for hydroxylation is 2. The fourth-order valence-electron chi connectivity index (χ4n) is 2.11. The fraction of sp³-hybridized carbons (Fsp3) is 0.667. The van der Waals surface area contributed by atoms with E-state index in [4.69, 9.17) is 16.7 Å². The van der Waals surface area contributed by atoms with E-state index >= 15 is 0 Å². The van der Waals surface area contributed by atoms with Crippen molar-refractivity contribution >= 4 is 17.6 Å². The molecule has 0 aromatic carbocycles. The van der Waals surface area contributed by atoms with Gasteiger partial charge in [0.05, 0.1) is 23.0 Å². The number of aromatic nitrogens is 2. The second-order valence-electron chi connectivity index (χ2n) is 4.98. The van der Waals surface area contributed by atoms with Crippen LogP contribution < -0.4 is 0 Å². The van der Waals surface area contributed by atoms with Gasteiger partial charge in [0.25, 0.3) is 0 Å². The molecule has 0 radical (unpaired) electrons. The van der Waals surface area contributed by atoms with Gasteiger partial charge in [-0.2, -0.15) is 5.10 Å². The second kappa shape index (κ2) is 5.28. The van der Waals surface area contributed by atoms with Gasteiger partial charge in [0, 0.05) is 20.1 Å². The first kappa shape index (κ1) is 13.4. The van der Waals surface area contributed by atoms with Crippen LogP contribution in [-0.2, 0) is 18.4 Å². The summed E-state index contributed by atoms with van der Waals surface area (Å²) < 4.78 is 1.74. The van der Waals surface area contributed by atoms with Gasteiger partial charge < -0.3 is 5.11 Å². The molecule has 1 saturated carbocycles. The lowest BCUT2D eigenvalue weighted by molar-refractivity contribution is -0.138. The van der Waals surface area contributed by atoms with Crippen molar-refractivity contribution in [3.8, 4) is 0 Å². The van der Waals surface area contributed by atoms with E-state index in [-0.39, 0.29) is 6.54 Å². The summed E-state index contributed by atoms with van der Waals surface area (Å²) in [5.41, 5.74) is 1.67. The van der Waals surface area contributed by atoms with Gasteiger partial charge in [0.2, 0.25) is 0 Å². The highest BCUT2D eigenvalue weighted by Gasteiger charge is 2.26. The van der Waals surface area contributed by atoms with E-state index in [9.17, 15) is 4.79 Å². The van der Waals surface area contributed by atoms with Gasteiger partial charge in [0.15, 0.2) is 0 Å². The summed E-state index contributed by atoms with van der Waals surface area (Å²) in [4.78, 5) is 12.8. The van der Waals surface area contributed by atoms with Crippen LogP contribution in [0.1, 0.15) is 24.2 Å². The Labute approximate surface area is 111 Å². The molecule has 0 unspecified atom stereocenters. The molecule has 0 saturated heterocycles. The van der Waals surface area contributed by atoms with Crippen LogP contribution in [0.3, 0.4) is 0 Å². The number of halogens is 1. The summed E-state index contributed by atoms with van der Waals surface area (Å²) in [6.07, 6.45) is 2.41. The number of carbonyl (C=O) groups is 1. The Bertz CT molecular complexity index is 454. The quantitative estimate of drug-likeness (QED) is 0.855. The van der Waals surface area contributed by atoms with Crippen LogP contribution in [0, 0.1) is 12.8 Å². The van der Waals surface area contributed by atoms with Crippen LogP contribution in [0.4, 0.5) is 0 Å². The first-order valence-electron chi connectivity index (χ1n) is 6.09. The summed E-state index contributed by atoms with van der Waals surface area (Å²) in [5, 5.41) is 13.8. The smallest absolute Gasteiger partial charge is 0.317 e. The third kappa shape index (κ3) is 3.23. The molecule has 1 N–H and O–H groups in total. The van der Waals surface area contributed by atoms with Gasteiger partial charge >= 0.3 is 5.97 Å². The Hall–Kier alpha value is -1.07. The highest BCUT2D eigenvalue weighted by molar-refractivity contribution is 6.31. The van der Waals surface area contributed by atoms with Crippen LogP contribution in [0.5, 0.6) is 0 Å². The molecular formula is C12H18ClN3O2. The van der Waals surface area contributed by atoms with E-state index < -0.39 is 5.97 Å². The predicted molar refractivity (Wildman–Crippen MR) is 68.6 cm³/mol. The molecule has 1 aliphatic carbocycles. The first-order valence-corrected chi connectivity index (χ1v) is 6.47. The van der Waals surface area contributed by atoms with E-state index in [0.717, 1.165) is 17.9 Å². The summed E-state index contributed by atoms with van der Waals surface area (Å²) in [6.45, 7) is 3.27. The Balaban J connectivity index is 2.08. The van der Waals surface area contributed by atoms with Gasteiger partial charge in [-0.25, -0.2) is 0 Å². The molecule has 0 atom stereocenters. The van der Waals surface area contributed by atoms with Crippen LogP contribution in [0.2, 0.25) is 5.02 Å². The van der Waals surface area contributed by atoms with Crippen LogP contribution in [0.25, 0.3) is 0 Å². The number of hydrogen-bond acceptors (Lipinski definition) is 3. The highest BCUT2D eigenvalue weighted by Crippen LogP contribution is 2.30. The predicted octanol–water partition coefficient (Wildman–Crippen LogP) is 1.68. The monoisotopic (exact) mass is 271 g/mol. The Morgan fingerprint density at radius 3 is 2.72 bits per heavy atom. The van der Waals surface area contributed by atoms with Gasteiger partial charge in [-0.15, -0.1) is 0 Å². The van der Waals surface area contributed by atoms with Gasteiger partial charge in [0.1, 0.15) is 0 Å². The minimum atomic E-state index is -0.800.